The average Bonchev–Trinajstić information content (AvgIpc) is 2.63. The largest absolute Gasteiger partial charge is 0.313 e. The van der Waals surface area contributed by atoms with Gasteiger partial charge in [0.05, 0.1) is 0 Å². The lowest BCUT2D eigenvalue weighted by atomic mass is 9.73. The Morgan fingerprint density at radius 1 is 1.33 bits per heavy atom. The quantitative estimate of drug-likeness (QED) is 0.749. The molecule has 15 heavy (non-hydrogen) atoms. The predicted molar refractivity (Wildman–Crippen MR) is 65.1 cm³/mol. The first-order valence-corrected chi connectivity index (χ1v) is 6.79. The van der Waals surface area contributed by atoms with Gasteiger partial charge < -0.3 is 5.32 Å². The second kappa shape index (κ2) is 4.84. The van der Waals surface area contributed by atoms with E-state index in [1.165, 1.54) is 58.2 Å². The highest BCUT2D eigenvalue weighted by atomic mass is 15.3. The van der Waals surface area contributed by atoms with Crippen LogP contribution < -0.4 is 5.32 Å². The highest BCUT2D eigenvalue weighted by Gasteiger charge is 2.43. The van der Waals surface area contributed by atoms with Crippen LogP contribution in [0.4, 0.5) is 0 Å². The molecule has 0 aromatic rings. The summed E-state index contributed by atoms with van der Waals surface area (Å²) in [5.41, 5.74) is 0.614. The molecule has 2 rings (SSSR count). The van der Waals surface area contributed by atoms with Gasteiger partial charge in [-0.15, -0.1) is 0 Å². The van der Waals surface area contributed by atoms with E-state index >= 15 is 0 Å². The Hall–Kier alpha value is -0.0800. The standard InChI is InChI=1S/C13H26N2/c1-3-9-14-12-6-10-15(11-12)13(4-2)7-5-8-13/h12,14H,3-11H2,1-2H3. The van der Waals surface area contributed by atoms with Gasteiger partial charge in [-0.2, -0.15) is 0 Å². The van der Waals surface area contributed by atoms with E-state index in [1.807, 2.05) is 0 Å². The van der Waals surface area contributed by atoms with Crippen molar-refractivity contribution in [1.29, 1.82) is 0 Å². The van der Waals surface area contributed by atoms with Crippen LogP contribution in [0.5, 0.6) is 0 Å². The van der Waals surface area contributed by atoms with Crippen molar-refractivity contribution in [3.8, 4) is 0 Å². The van der Waals surface area contributed by atoms with Crippen LogP contribution in [0.3, 0.4) is 0 Å². The fraction of sp³-hybridized carbons (Fsp3) is 1.00. The molecule has 2 fully saturated rings. The van der Waals surface area contributed by atoms with Crippen molar-refractivity contribution in [3.63, 3.8) is 0 Å². The van der Waals surface area contributed by atoms with E-state index in [-0.39, 0.29) is 0 Å². The first-order chi connectivity index (χ1) is 7.30. The summed E-state index contributed by atoms with van der Waals surface area (Å²) in [6.07, 6.45) is 8.33. The van der Waals surface area contributed by atoms with Crippen LogP contribution in [0.15, 0.2) is 0 Å². The predicted octanol–water partition coefficient (Wildman–Crippen LogP) is 2.39. The van der Waals surface area contributed by atoms with Gasteiger partial charge in [-0.3, -0.25) is 4.90 Å². The highest BCUT2D eigenvalue weighted by molar-refractivity contribution is 5.00. The van der Waals surface area contributed by atoms with Crippen molar-refractivity contribution in [2.24, 2.45) is 0 Å². The van der Waals surface area contributed by atoms with Gasteiger partial charge >= 0.3 is 0 Å². The van der Waals surface area contributed by atoms with E-state index < -0.39 is 0 Å². The smallest absolute Gasteiger partial charge is 0.0207 e. The van der Waals surface area contributed by atoms with Crippen LogP contribution in [0.1, 0.15) is 52.4 Å². The molecule has 0 amide bonds. The van der Waals surface area contributed by atoms with Gasteiger partial charge in [0.2, 0.25) is 0 Å². The summed E-state index contributed by atoms with van der Waals surface area (Å²) < 4.78 is 0. The molecule has 1 N–H and O–H groups in total. The average molecular weight is 210 g/mol. The normalized spacial score (nSPS) is 30.4. The second-order valence-electron chi connectivity index (χ2n) is 5.32. The molecule has 1 aliphatic heterocycles. The molecule has 1 aliphatic carbocycles. The zero-order valence-electron chi connectivity index (χ0n) is 10.4. The zero-order chi connectivity index (χ0) is 10.7. The molecule has 2 aliphatic rings. The lowest BCUT2D eigenvalue weighted by Crippen LogP contribution is -2.53. The second-order valence-corrected chi connectivity index (χ2v) is 5.32. The summed E-state index contributed by atoms with van der Waals surface area (Å²) in [4.78, 5) is 2.77. The van der Waals surface area contributed by atoms with Crippen LogP contribution in [0.2, 0.25) is 0 Å². The maximum atomic E-state index is 3.66. The third-order valence-electron chi connectivity index (χ3n) is 4.48. The maximum absolute atomic E-state index is 3.66. The van der Waals surface area contributed by atoms with Gasteiger partial charge in [0.15, 0.2) is 0 Å². The molecule has 1 unspecified atom stereocenters. The molecule has 1 atom stereocenters. The minimum Gasteiger partial charge on any atom is -0.313 e. The summed E-state index contributed by atoms with van der Waals surface area (Å²) in [5, 5.41) is 3.66. The third-order valence-corrected chi connectivity index (χ3v) is 4.48. The van der Waals surface area contributed by atoms with Crippen LogP contribution in [-0.2, 0) is 0 Å². The summed E-state index contributed by atoms with van der Waals surface area (Å²) in [5.74, 6) is 0. The molecule has 1 heterocycles. The van der Waals surface area contributed by atoms with Crippen molar-refractivity contribution in [2.45, 2.75) is 64.0 Å². The molecule has 0 bridgehead atoms. The van der Waals surface area contributed by atoms with Crippen molar-refractivity contribution >= 4 is 0 Å². The van der Waals surface area contributed by atoms with Crippen molar-refractivity contribution < 1.29 is 0 Å². The Labute approximate surface area is 94.4 Å². The molecule has 2 heteroatoms. The van der Waals surface area contributed by atoms with Crippen LogP contribution in [0.25, 0.3) is 0 Å². The van der Waals surface area contributed by atoms with E-state index in [9.17, 15) is 0 Å². The summed E-state index contributed by atoms with van der Waals surface area (Å²) in [6.45, 7) is 8.44. The first-order valence-electron chi connectivity index (χ1n) is 6.79. The van der Waals surface area contributed by atoms with Gasteiger partial charge in [-0.25, -0.2) is 0 Å². The molecule has 0 radical (unpaired) electrons. The van der Waals surface area contributed by atoms with Gasteiger partial charge in [0, 0.05) is 24.7 Å². The molecular weight excluding hydrogens is 184 g/mol. The Morgan fingerprint density at radius 2 is 2.13 bits per heavy atom. The van der Waals surface area contributed by atoms with Gasteiger partial charge in [-0.05, 0) is 45.1 Å². The fourth-order valence-electron chi connectivity index (χ4n) is 3.18. The van der Waals surface area contributed by atoms with Crippen LogP contribution >= 0.6 is 0 Å². The third kappa shape index (κ3) is 2.21. The van der Waals surface area contributed by atoms with Crippen LogP contribution in [-0.4, -0.2) is 36.1 Å². The maximum Gasteiger partial charge on any atom is 0.0207 e. The topological polar surface area (TPSA) is 15.3 Å². The van der Waals surface area contributed by atoms with Crippen molar-refractivity contribution in [2.75, 3.05) is 19.6 Å². The van der Waals surface area contributed by atoms with Gasteiger partial charge in [0.1, 0.15) is 0 Å². The molecule has 0 aromatic heterocycles. The summed E-state index contributed by atoms with van der Waals surface area (Å²) >= 11 is 0. The number of nitrogens with one attached hydrogen (secondary N) is 1. The van der Waals surface area contributed by atoms with E-state index in [0.717, 1.165) is 6.04 Å². The molecule has 1 saturated carbocycles. The Balaban J connectivity index is 1.81. The minimum absolute atomic E-state index is 0.614. The number of hydrogen-bond donors (Lipinski definition) is 1. The summed E-state index contributed by atoms with van der Waals surface area (Å²) in [7, 11) is 0. The summed E-state index contributed by atoms with van der Waals surface area (Å²) in [6, 6.07) is 0.772. The highest BCUT2D eigenvalue weighted by Crippen LogP contribution is 2.41. The number of rotatable bonds is 5. The monoisotopic (exact) mass is 210 g/mol. The van der Waals surface area contributed by atoms with Crippen LogP contribution in [0, 0.1) is 0 Å². The molecule has 0 spiro atoms. The number of likely N-dealkylation sites (tertiary alicyclic amines) is 1. The van der Waals surface area contributed by atoms with E-state index in [2.05, 4.69) is 24.1 Å². The van der Waals surface area contributed by atoms with E-state index in [4.69, 9.17) is 0 Å². The zero-order valence-corrected chi connectivity index (χ0v) is 10.4. The van der Waals surface area contributed by atoms with E-state index in [1.54, 1.807) is 0 Å². The molecular formula is C13H26N2. The molecule has 88 valence electrons. The minimum atomic E-state index is 0.614. The van der Waals surface area contributed by atoms with E-state index in [0.29, 0.717) is 5.54 Å². The van der Waals surface area contributed by atoms with Crippen molar-refractivity contribution in [3.05, 3.63) is 0 Å². The molecule has 2 nitrogen and oxygen atoms in total. The lowest BCUT2D eigenvalue weighted by molar-refractivity contribution is 0.0305. The Kier molecular flexibility index (Phi) is 3.68. The van der Waals surface area contributed by atoms with Gasteiger partial charge in [0.25, 0.3) is 0 Å². The lowest BCUT2D eigenvalue weighted by Gasteiger charge is -2.48. The van der Waals surface area contributed by atoms with Gasteiger partial charge in [-0.1, -0.05) is 13.8 Å². The fourth-order valence-corrected chi connectivity index (χ4v) is 3.18. The first kappa shape index (κ1) is 11.4. The van der Waals surface area contributed by atoms with Crippen molar-refractivity contribution in [1.82, 2.24) is 10.2 Å². The SMILES string of the molecule is CCCNC1CCN(C2(CC)CCC2)C1. The number of nitrogens with zero attached hydrogens (tertiary/aromatic N) is 1. The Bertz CT molecular complexity index is 193. The Morgan fingerprint density at radius 3 is 2.67 bits per heavy atom. The molecule has 1 saturated heterocycles. The molecule has 0 aromatic carbocycles. The number of hydrogen-bond acceptors (Lipinski definition) is 2.